The lowest BCUT2D eigenvalue weighted by Gasteiger charge is -2.14. The number of nitrogens with two attached hydrogens (primary N) is 1. The highest BCUT2D eigenvalue weighted by Crippen LogP contribution is 2.48. The molecule has 0 aliphatic heterocycles. The van der Waals surface area contributed by atoms with Crippen molar-refractivity contribution in [1.29, 1.82) is 5.41 Å². The number of hydrogen-bond donors (Lipinski definition) is 4. The Morgan fingerprint density at radius 2 is 2.12 bits per heavy atom. The summed E-state index contributed by atoms with van der Waals surface area (Å²) in [5.74, 6) is 5.06. The van der Waals surface area contributed by atoms with Crippen LogP contribution in [0.3, 0.4) is 0 Å². The Morgan fingerprint density at radius 3 is 2.79 bits per heavy atom. The summed E-state index contributed by atoms with van der Waals surface area (Å²) in [4.78, 5) is 17.1. The van der Waals surface area contributed by atoms with E-state index >= 15 is 0 Å². The van der Waals surface area contributed by atoms with E-state index in [4.69, 9.17) is 16.0 Å². The summed E-state index contributed by atoms with van der Waals surface area (Å²) in [6.45, 7) is 4.37. The predicted molar refractivity (Wildman–Crippen MR) is 129 cm³/mol. The van der Waals surface area contributed by atoms with Crippen LogP contribution >= 0.6 is 0 Å². The third-order valence-electron chi connectivity index (χ3n) is 5.74. The number of rotatable bonds is 7. The Labute approximate surface area is 197 Å². The number of carbonyl (C=O) groups is 1. The van der Waals surface area contributed by atoms with E-state index in [-0.39, 0.29) is 35.0 Å². The molecular formula is C25H26N6O3. The monoisotopic (exact) mass is 458 g/mol. The molecule has 0 bridgehead atoms. The molecule has 34 heavy (non-hydrogen) atoms. The molecular weight excluding hydrogens is 432 g/mol. The number of hydrogen-bond acceptors (Lipinski definition) is 6. The summed E-state index contributed by atoms with van der Waals surface area (Å²) in [6, 6.07) is 14.6. The largest absolute Gasteiger partial charge is 0.506 e. The highest BCUT2D eigenvalue weighted by molar-refractivity contribution is 6.06. The average Bonchev–Trinajstić information content (AvgIpc) is 3.62. The number of pyridine rings is 1. The minimum Gasteiger partial charge on any atom is -0.506 e. The first-order valence-electron chi connectivity index (χ1n) is 10.9. The van der Waals surface area contributed by atoms with Crippen molar-refractivity contribution in [3.05, 3.63) is 71.4 Å². The molecule has 1 aliphatic rings. The zero-order valence-electron chi connectivity index (χ0n) is 18.9. The molecule has 1 heterocycles. The van der Waals surface area contributed by atoms with E-state index in [1.807, 2.05) is 32.0 Å². The molecule has 0 spiro atoms. The van der Waals surface area contributed by atoms with Crippen molar-refractivity contribution in [1.82, 2.24) is 4.98 Å². The first-order chi connectivity index (χ1) is 16.4. The number of amides is 1. The number of nitrogens with one attached hydrogen (secondary N) is 2. The quantitative estimate of drug-likeness (QED) is 0.102. The Balaban J connectivity index is 1.60. The van der Waals surface area contributed by atoms with Crippen LogP contribution in [-0.4, -0.2) is 28.4 Å². The molecule has 1 aliphatic carbocycles. The van der Waals surface area contributed by atoms with Gasteiger partial charge in [0.2, 0.25) is 11.8 Å². The van der Waals surface area contributed by atoms with Gasteiger partial charge in [-0.1, -0.05) is 35.1 Å². The molecule has 3 aromatic rings. The van der Waals surface area contributed by atoms with Crippen LogP contribution in [-0.2, 0) is 4.79 Å². The number of carbonyl (C=O) groups excluding carboxylic acids is 1. The Hall–Kier alpha value is -4.27. The standard InChI is InChI=1S/C25H26N6O3/c1-3-34-23-8-7-16(13-28-23)18-12-22(32)21(11-19(18)24(26)30-31-27)29-25(33)20-10-17(20)15-6-4-5-14(2)9-15/h4-9,11-13,17,20,32H,3,10H2,1-2H3,(H,29,33)(H3,26,27,30). The molecule has 9 heteroatoms. The smallest absolute Gasteiger partial charge is 0.228 e. The van der Waals surface area contributed by atoms with Crippen LogP contribution in [0.5, 0.6) is 11.6 Å². The van der Waals surface area contributed by atoms with Crippen LogP contribution in [0, 0.1) is 18.3 Å². The topological polar surface area (TPSA) is 146 Å². The van der Waals surface area contributed by atoms with Gasteiger partial charge >= 0.3 is 0 Å². The lowest BCUT2D eigenvalue weighted by atomic mass is 9.98. The van der Waals surface area contributed by atoms with E-state index in [0.29, 0.717) is 29.2 Å². The fourth-order valence-corrected chi connectivity index (χ4v) is 3.99. The molecule has 1 saturated carbocycles. The SMILES string of the molecule is CCOc1ccc(-c2cc(O)c(NC(=O)C3CC3c3cccc(C)c3)cc2C(=N)N=NN)cn1. The summed E-state index contributed by atoms with van der Waals surface area (Å²) >= 11 is 0. The third kappa shape index (κ3) is 4.88. The van der Waals surface area contributed by atoms with Crippen molar-refractivity contribution in [2.75, 3.05) is 11.9 Å². The molecule has 2 aromatic carbocycles. The summed E-state index contributed by atoms with van der Waals surface area (Å²) in [7, 11) is 0. The number of benzene rings is 2. The number of amidine groups is 1. The molecule has 0 saturated heterocycles. The Bertz CT molecular complexity index is 1260. The number of nitrogens with zero attached hydrogens (tertiary/aromatic N) is 3. The van der Waals surface area contributed by atoms with Crippen molar-refractivity contribution in [3.8, 4) is 22.8 Å². The molecule has 4 rings (SSSR count). The van der Waals surface area contributed by atoms with E-state index < -0.39 is 0 Å². The second-order valence-electron chi connectivity index (χ2n) is 8.15. The van der Waals surface area contributed by atoms with Gasteiger partial charge in [0.15, 0.2) is 5.84 Å². The maximum absolute atomic E-state index is 12.9. The molecule has 5 N–H and O–H groups in total. The summed E-state index contributed by atoms with van der Waals surface area (Å²) in [5.41, 5.74) is 3.93. The van der Waals surface area contributed by atoms with E-state index in [2.05, 4.69) is 26.7 Å². The molecule has 174 valence electrons. The lowest BCUT2D eigenvalue weighted by Crippen LogP contribution is -2.15. The molecule has 2 atom stereocenters. The zero-order valence-corrected chi connectivity index (χ0v) is 18.9. The third-order valence-corrected chi connectivity index (χ3v) is 5.74. The maximum atomic E-state index is 12.9. The van der Waals surface area contributed by atoms with E-state index in [1.54, 1.807) is 18.3 Å². The number of aromatic hydroxyl groups is 1. The van der Waals surface area contributed by atoms with Crippen LogP contribution in [0.2, 0.25) is 0 Å². The highest BCUT2D eigenvalue weighted by atomic mass is 16.5. The Kier molecular flexibility index (Phi) is 6.53. The van der Waals surface area contributed by atoms with Gasteiger partial charge < -0.3 is 21.0 Å². The zero-order chi connectivity index (χ0) is 24.2. The molecule has 1 fully saturated rings. The van der Waals surface area contributed by atoms with Crippen LogP contribution < -0.4 is 15.9 Å². The normalized spacial score (nSPS) is 16.9. The number of phenols is 1. The van der Waals surface area contributed by atoms with Crippen molar-refractivity contribution in [2.24, 2.45) is 22.1 Å². The fourth-order valence-electron chi connectivity index (χ4n) is 3.99. The molecule has 9 nitrogen and oxygen atoms in total. The van der Waals surface area contributed by atoms with Crippen LogP contribution in [0.15, 0.2) is 65.1 Å². The minimum atomic E-state index is -0.217. The summed E-state index contributed by atoms with van der Waals surface area (Å²) in [6.07, 6.45) is 2.32. The van der Waals surface area contributed by atoms with Gasteiger partial charge in [-0.2, -0.15) is 0 Å². The molecule has 0 radical (unpaired) electrons. The van der Waals surface area contributed by atoms with Gasteiger partial charge in [0.1, 0.15) is 5.75 Å². The van der Waals surface area contributed by atoms with E-state index in [1.165, 1.54) is 12.1 Å². The van der Waals surface area contributed by atoms with Gasteiger partial charge in [-0.25, -0.2) is 4.98 Å². The molecule has 2 unspecified atom stereocenters. The minimum absolute atomic E-state index is 0.133. The van der Waals surface area contributed by atoms with Crippen LogP contribution in [0.1, 0.15) is 36.0 Å². The van der Waals surface area contributed by atoms with Gasteiger partial charge in [-0.15, -0.1) is 5.11 Å². The fraction of sp³-hybridized carbons (Fsp3) is 0.240. The summed E-state index contributed by atoms with van der Waals surface area (Å²) < 4.78 is 5.37. The number of phenolic OH excluding ortho intramolecular Hbond substituents is 1. The maximum Gasteiger partial charge on any atom is 0.228 e. The average molecular weight is 459 g/mol. The second-order valence-corrected chi connectivity index (χ2v) is 8.15. The van der Waals surface area contributed by atoms with Gasteiger partial charge in [-0.3, -0.25) is 10.2 Å². The first kappa shape index (κ1) is 22.9. The van der Waals surface area contributed by atoms with Gasteiger partial charge in [0.05, 0.1) is 12.3 Å². The van der Waals surface area contributed by atoms with Gasteiger partial charge in [0.25, 0.3) is 0 Å². The first-order valence-corrected chi connectivity index (χ1v) is 10.9. The number of aryl methyl sites for hydroxylation is 1. The molecule has 1 aromatic heterocycles. The predicted octanol–water partition coefficient (Wildman–Crippen LogP) is 4.55. The van der Waals surface area contributed by atoms with E-state index in [0.717, 1.165) is 17.5 Å². The van der Waals surface area contributed by atoms with Crippen LogP contribution in [0.4, 0.5) is 5.69 Å². The van der Waals surface area contributed by atoms with Crippen molar-refractivity contribution >= 4 is 17.4 Å². The van der Waals surface area contributed by atoms with Gasteiger partial charge in [0, 0.05) is 29.3 Å². The van der Waals surface area contributed by atoms with Crippen molar-refractivity contribution < 1.29 is 14.6 Å². The van der Waals surface area contributed by atoms with Crippen molar-refractivity contribution in [2.45, 2.75) is 26.2 Å². The summed E-state index contributed by atoms with van der Waals surface area (Å²) in [5, 5.41) is 28.6. The van der Waals surface area contributed by atoms with Crippen molar-refractivity contribution in [3.63, 3.8) is 0 Å². The number of anilines is 1. The highest BCUT2D eigenvalue weighted by Gasteiger charge is 2.44. The Morgan fingerprint density at radius 1 is 1.29 bits per heavy atom. The lowest BCUT2D eigenvalue weighted by molar-refractivity contribution is -0.117. The van der Waals surface area contributed by atoms with Crippen LogP contribution in [0.25, 0.3) is 11.1 Å². The second kappa shape index (κ2) is 9.70. The number of ether oxygens (including phenoxy) is 1. The van der Waals surface area contributed by atoms with Gasteiger partial charge in [-0.05, 0) is 55.5 Å². The van der Waals surface area contributed by atoms with E-state index in [9.17, 15) is 9.90 Å². The number of aromatic nitrogens is 1. The molecule has 1 amide bonds.